The van der Waals surface area contributed by atoms with Crippen molar-refractivity contribution < 1.29 is 54.7 Å². The molecule has 4 rings (SSSR count). The lowest BCUT2D eigenvalue weighted by atomic mass is 9.99. The molecule has 12 nitrogen and oxygen atoms in total. The fourth-order valence-electron chi connectivity index (χ4n) is 3.49. The van der Waals surface area contributed by atoms with E-state index >= 15 is 0 Å². The largest absolute Gasteiger partial charge is 0.507 e. The third kappa shape index (κ3) is 3.90. The Labute approximate surface area is 184 Å². The van der Waals surface area contributed by atoms with Gasteiger partial charge in [0.2, 0.25) is 17.5 Å². The van der Waals surface area contributed by atoms with E-state index in [1.165, 1.54) is 6.07 Å². The van der Waals surface area contributed by atoms with Gasteiger partial charge in [0.15, 0.2) is 17.3 Å². The van der Waals surface area contributed by atoms with E-state index < -0.39 is 65.7 Å². The average molecular weight is 464 g/mol. The summed E-state index contributed by atoms with van der Waals surface area (Å²) in [4.78, 5) is 12.6. The van der Waals surface area contributed by atoms with Crippen molar-refractivity contribution in [1.29, 1.82) is 0 Å². The van der Waals surface area contributed by atoms with Crippen molar-refractivity contribution in [1.82, 2.24) is 0 Å². The Kier molecular flexibility index (Phi) is 5.78. The van der Waals surface area contributed by atoms with Gasteiger partial charge in [-0.05, 0) is 18.2 Å². The van der Waals surface area contributed by atoms with E-state index in [0.717, 1.165) is 24.3 Å². The van der Waals surface area contributed by atoms with Gasteiger partial charge in [-0.3, -0.25) is 4.79 Å². The van der Waals surface area contributed by atoms with Crippen molar-refractivity contribution in [2.45, 2.75) is 30.7 Å². The van der Waals surface area contributed by atoms with Crippen LogP contribution in [0.25, 0.3) is 22.3 Å². The Morgan fingerprint density at radius 3 is 2.27 bits per heavy atom. The number of aromatic hydroxyl groups is 4. The molecule has 1 unspecified atom stereocenters. The first kappa shape index (κ1) is 22.6. The summed E-state index contributed by atoms with van der Waals surface area (Å²) in [7, 11) is 0. The Balaban J connectivity index is 1.76. The number of ether oxygens (including phenoxy) is 2. The molecule has 8 N–H and O–H groups in total. The molecule has 33 heavy (non-hydrogen) atoms. The first-order chi connectivity index (χ1) is 15.6. The Morgan fingerprint density at radius 1 is 0.879 bits per heavy atom. The van der Waals surface area contributed by atoms with Gasteiger partial charge in [-0.25, -0.2) is 0 Å². The highest BCUT2D eigenvalue weighted by Crippen LogP contribution is 2.38. The van der Waals surface area contributed by atoms with Crippen LogP contribution in [0.5, 0.6) is 28.7 Å². The Hall–Kier alpha value is -3.55. The van der Waals surface area contributed by atoms with Gasteiger partial charge in [0.05, 0.1) is 6.61 Å². The summed E-state index contributed by atoms with van der Waals surface area (Å²) in [6, 6.07) is 5.55. The molecular formula is C21H20O12. The molecule has 1 aliphatic heterocycles. The predicted octanol–water partition coefficient (Wildman–Crippen LogP) is -0.539. The van der Waals surface area contributed by atoms with Crippen LogP contribution in [-0.2, 0) is 4.74 Å². The summed E-state index contributed by atoms with van der Waals surface area (Å²) in [5.41, 5.74) is -1.20. The molecule has 1 fully saturated rings. The zero-order valence-corrected chi connectivity index (χ0v) is 16.7. The normalized spacial score (nSPS) is 25.3. The number of aliphatic hydroxyl groups excluding tert-OH is 4. The lowest BCUT2D eigenvalue weighted by Gasteiger charge is -2.39. The van der Waals surface area contributed by atoms with E-state index in [1.807, 2.05) is 0 Å². The molecule has 1 saturated heterocycles. The standard InChI is InChI=1S/C21H20O12/c22-6-13-15(26)17(28)19(30)21(33-13)31-8-4-11(25)14-12(5-8)32-20(18(29)16(14)27)7-1-2-9(23)10(24)3-7/h1-5,13,15,17,19,21-26,28-30H,6H2/t13-,15+,17+,19-,21?/m1/s1. The summed E-state index contributed by atoms with van der Waals surface area (Å²) >= 11 is 0. The molecule has 0 amide bonds. The third-order valence-corrected chi connectivity index (χ3v) is 5.26. The topological polar surface area (TPSA) is 211 Å². The molecular weight excluding hydrogens is 444 g/mol. The van der Waals surface area contributed by atoms with Gasteiger partial charge in [0.1, 0.15) is 46.9 Å². The second kappa shape index (κ2) is 8.42. The van der Waals surface area contributed by atoms with Crippen molar-refractivity contribution in [3.63, 3.8) is 0 Å². The molecule has 176 valence electrons. The van der Waals surface area contributed by atoms with Crippen LogP contribution in [0.4, 0.5) is 0 Å². The Morgan fingerprint density at radius 2 is 1.61 bits per heavy atom. The molecule has 1 aromatic heterocycles. The fraction of sp³-hybridized carbons (Fsp3) is 0.286. The predicted molar refractivity (Wildman–Crippen MR) is 109 cm³/mol. The molecule has 2 heterocycles. The molecule has 1 aliphatic rings. The maximum absolute atomic E-state index is 12.6. The summed E-state index contributed by atoms with van der Waals surface area (Å²) in [5.74, 6) is -3.02. The van der Waals surface area contributed by atoms with Crippen LogP contribution in [0, 0.1) is 0 Å². The third-order valence-electron chi connectivity index (χ3n) is 5.26. The SMILES string of the molecule is O=c1c(O)c(-c2ccc(O)c(O)c2)oc2cc(OC3O[C@H](CO)[C@H](O)[C@H](O)[C@H]3O)cc(O)c12. The van der Waals surface area contributed by atoms with E-state index in [4.69, 9.17) is 13.9 Å². The van der Waals surface area contributed by atoms with Gasteiger partial charge in [-0.15, -0.1) is 0 Å². The van der Waals surface area contributed by atoms with Gasteiger partial charge in [0.25, 0.3) is 0 Å². The van der Waals surface area contributed by atoms with Gasteiger partial charge in [-0.2, -0.15) is 0 Å². The molecule has 2 aromatic carbocycles. The summed E-state index contributed by atoms with van der Waals surface area (Å²) in [6.07, 6.45) is -7.80. The zero-order valence-electron chi connectivity index (χ0n) is 16.7. The number of aliphatic hydroxyl groups is 4. The minimum atomic E-state index is -1.72. The maximum Gasteiger partial charge on any atom is 0.238 e. The minimum absolute atomic E-state index is 0.0431. The highest BCUT2D eigenvalue weighted by molar-refractivity contribution is 5.88. The highest BCUT2D eigenvalue weighted by atomic mass is 16.7. The zero-order chi connectivity index (χ0) is 24.0. The smallest absolute Gasteiger partial charge is 0.238 e. The quantitative estimate of drug-likeness (QED) is 0.229. The number of fused-ring (bicyclic) bond motifs is 1. The molecule has 12 heteroatoms. The molecule has 0 bridgehead atoms. The lowest BCUT2D eigenvalue weighted by molar-refractivity contribution is -0.277. The lowest BCUT2D eigenvalue weighted by Crippen LogP contribution is -2.60. The second-order valence-electron chi connectivity index (χ2n) is 7.44. The van der Waals surface area contributed by atoms with Crippen LogP contribution in [0.3, 0.4) is 0 Å². The molecule has 0 saturated carbocycles. The van der Waals surface area contributed by atoms with Crippen molar-refractivity contribution in [3.05, 3.63) is 40.6 Å². The molecule has 0 spiro atoms. The van der Waals surface area contributed by atoms with E-state index in [9.17, 15) is 45.6 Å². The molecule has 5 atom stereocenters. The van der Waals surface area contributed by atoms with Crippen LogP contribution in [-0.4, -0.2) is 78.2 Å². The van der Waals surface area contributed by atoms with Crippen molar-refractivity contribution in [3.8, 4) is 40.1 Å². The molecule has 3 aromatic rings. The van der Waals surface area contributed by atoms with E-state index in [-0.39, 0.29) is 28.0 Å². The maximum atomic E-state index is 12.6. The fourth-order valence-corrected chi connectivity index (χ4v) is 3.49. The molecule has 0 aliphatic carbocycles. The number of benzene rings is 2. The molecule has 0 radical (unpaired) electrons. The van der Waals surface area contributed by atoms with Crippen LogP contribution in [0.2, 0.25) is 0 Å². The van der Waals surface area contributed by atoms with Crippen LogP contribution < -0.4 is 10.2 Å². The number of phenols is 3. The summed E-state index contributed by atoms with van der Waals surface area (Å²) in [5, 5.41) is 78.6. The number of hydrogen-bond acceptors (Lipinski definition) is 12. The van der Waals surface area contributed by atoms with Crippen molar-refractivity contribution in [2.24, 2.45) is 0 Å². The minimum Gasteiger partial charge on any atom is -0.507 e. The van der Waals surface area contributed by atoms with E-state index in [1.54, 1.807) is 0 Å². The van der Waals surface area contributed by atoms with Gasteiger partial charge in [0, 0.05) is 17.7 Å². The monoisotopic (exact) mass is 464 g/mol. The summed E-state index contributed by atoms with van der Waals surface area (Å²) in [6.45, 7) is -0.676. The summed E-state index contributed by atoms with van der Waals surface area (Å²) < 4.78 is 16.3. The van der Waals surface area contributed by atoms with Gasteiger partial charge >= 0.3 is 0 Å². The van der Waals surface area contributed by atoms with E-state index in [2.05, 4.69) is 0 Å². The van der Waals surface area contributed by atoms with E-state index in [0.29, 0.717) is 0 Å². The van der Waals surface area contributed by atoms with Crippen LogP contribution in [0.1, 0.15) is 0 Å². The van der Waals surface area contributed by atoms with Crippen molar-refractivity contribution >= 4 is 11.0 Å². The van der Waals surface area contributed by atoms with Gasteiger partial charge in [-0.1, -0.05) is 0 Å². The number of rotatable bonds is 4. The van der Waals surface area contributed by atoms with Gasteiger partial charge < -0.3 is 54.7 Å². The second-order valence-corrected chi connectivity index (χ2v) is 7.44. The average Bonchev–Trinajstić information content (AvgIpc) is 2.78. The highest BCUT2D eigenvalue weighted by Gasteiger charge is 2.44. The Bertz CT molecular complexity index is 1250. The first-order valence-electron chi connectivity index (χ1n) is 9.64. The van der Waals surface area contributed by atoms with Crippen LogP contribution in [0.15, 0.2) is 39.5 Å². The van der Waals surface area contributed by atoms with Crippen molar-refractivity contribution in [2.75, 3.05) is 6.61 Å². The number of hydrogen-bond donors (Lipinski definition) is 8. The number of phenolic OH excluding ortho intramolecular Hbond substituents is 3. The first-order valence-corrected chi connectivity index (χ1v) is 9.64. The van der Waals surface area contributed by atoms with Crippen LogP contribution >= 0.6 is 0 Å².